The van der Waals surface area contributed by atoms with Crippen molar-refractivity contribution in [3.63, 3.8) is 0 Å². The molecule has 0 N–H and O–H groups in total. The van der Waals surface area contributed by atoms with Crippen LogP contribution in [0.1, 0.15) is 32.1 Å². The predicted molar refractivity (Wildman–Crippen MR) is 74.9 cm³/mol. The highest BCUT2D eigenvalue weighted by atomic mass is 16.5. The van der Waals surface area contributed by atoms with E-state index in [1.54, 1.807) is 6.08 Å². The van der Waals surface area contributed by atoms with Crippen LogP contribution in [0.2, 0.25) is 0 Å². The standard InChI is InChI=1S/C16H20O4/c1-11-9-16(14(17)19-2,15(18)20-3)10-13(11)12-7-5-4-6-8-12/h7,10H,1,4-6,8-9H2,2-3H3. The maximum absolute atomic E-state index is 12.1. The van der Waals surface area contributed by atoms with E-state index >= 15 is 0 Å². The lowest BCUT2D eigenvalue weighted by atomic mass is 9.87. The first-order chi connectivity index (χ1) is 9.55. The van der Waals surface area contributed by atoms with Gasteiger partial charge >= 0.3 is 11.9 Å². The van der Waals surface area contributed by atoms with Crippen molar-refractivity contribution in [3.8, 4) is 0 Å². The summed E-state index contributed by atoms with van der Waals surface area (Å²) in [7, 11) is 2.56. The minimum atomic E-state index is -1.37. The lowest BCUT2D eigenvalue weighted by Crippen LogP contribution is -2.38. The highest BCUT2D eigenvalue weighted by Crippen LogP contribution is 2.45. The summed E-state index contributed by atoms with van der Waals surface area (Å²) < 4.78 is 9.60. The molecule has 0 fully saturated rings. The van der Waals surface area contributed by atoms with Crippen molar-refractivity contribution in [3.05, 3.63) is 35.5 Å². The highest BCUT2D eigenvalue weighted by Gasteiger charge is 2.51. The van der Waals surface area contributed by atoms with E-state index in [1.165, 1.54) is 26.2 Å². The van der Waals surface area contributed by atoms with Crippen molar-refractivity contribution >= 4 is 11.9 Å². The van der Waals surface area contributed by atoms with Gasteiger partial charge in [-0.15, -0.1) is 0 Å². The molecule has 20 heavy (non-hydrogen) atoms. The predicted octanol–water partition coefficient (Wildman–Crippen LogP) is 2.71. The second-order valence-corrected chi connectivity index (χ2v) is 5.27. The Bertz CT molecular complexity index is 495. The molecule has 0 saturated heterocycles. The fraction of sp³-hybridized carbons (Fsp3) is 0.500. The quantitative estimate of drug-likeness (QED) is 0.587. The highest BCUT2D eigenvalue weighted by molar-refractivity contribution is 6.04. The molecule has 0 bridgehead atoms. The van der Waals surface area contributed by atoms with Gasteiger partial charge in [0.15, 0.2) is 5.41 Å². The molecule has 0 atom stereocenters. The zero-order chi connectivity index (χ0) is 14.8. The number of hydrogen-bond acceptors (Lipinski definition) is 4. The van der Waals surface area contributed by atoms with Crippen LogP contribution in [0.4, 0.5) is 0 Å². The van der Waals surface area contributed by atoms with E-state index in [1.807, 2.05) is 0 Å². The second-order valence-electron chi connectivity index (χ2n) is 5.27. The minimum absolute atomic E-state index is 0.235. The number of carbonyl (C=O) groups excluding carboxylic acids is 2. The van der Waals surface area contributed by atoms with Crippen LogP contribution in [0.3, 0.4) is 0 Å². The molecule has 0 aliphatic heterocycles. The van der Waals surface area contributed by atoms with Crippen LogP contribution in [0.5, 0.6) is 0 Å². The molecule has 0 amide bonds. The van der Waals surface area contributed by atoms with Crippen LogP contribution in [0, 0.1) is 5.41 Å². The summed E-state index contributed by atoms with van der Waals surface area (Å²) in [6.45, 7) is 4.01. The van der Waals surface area contributed by atoms with Crippen LogP contribution in [0.25, 0.3) is 0 Å². The van der Waals surface area contributed by atoms with Gasteiger partial charge in [0.05, 0.1) is 14.2 Å². The van der Waals surface area contributed by atoms with E-state index in [9.17, 15) is 9.59 Å². The van der Waals surface area contributed by atoms with Crippen molar-refractivity contribution in [2.24, 2.45) is 5.41 Å². The Morgan fingerprint density at radius 3 is 2.35 bits per heavy atom. The number of hydrogen-bond donors (Lipinski definition) is 0. The van der Waals surface area contributed by atoms with Gasteiger partial charge in [0, 0.05) is 6.42 Å². The maximum atomic E-state index is 12.1. The van der Waals surface area contributed by atoms with Crippen molar-refractivity contribution in [2.75, 3.05) is 14.2 Å². The van der Waals surface area contributed by atoms with E-state index in [0.717, 1.165) is 30.4 Å². The average Bonchev–Trinajstić information content (AvgIpc) is 2.85. The zero-order valence-corrected chi connectivity index (χ0v) is 12.0. The molecule has 2 aliphatic rings. The first-order valence-corrected chi connectivity index (χ1v) is 6.82. The first-order valence-electron chi connectivity index (χ1n) is 6.82. The van der Waals surface area contributed by atoms with Gasteiger partial charge in [0.25, 0.3) is 0 Å². The first kappa shape index (κ1) is 14.6. The van der Waals surface area contributed by atoms with Crippen LogP contribution in [0.15, 0.2) is 35.5 Å². The molecular formula is C16H20O4. The molecule has 0 aromatic heterocycles. The lowest BCUT2D eigenvalue weighted by Gasteiger charge is -2.20. The Labute approximate surface area is 119 Å². The molecule has 2 rings (SSSR count). The molecule has 4 heteroatoms. The van der Waals surface area contributed by atoms with Crippen LogP contribution in [-0.4, -0.2) is 26.2 Å². The van der Waals surface area contributed by atoms with Crippen molar-refractivity contribution in [1.82, 2.24) is 0 Å². The zero-order valence-electron chi connectivity index (χ0n) is 12.0. The Kier molecular flexibility index (Phi) is 4.12. The number of rotatable bonds is 3. The summed E-state index contributed by atoms with van der Waals surface area (Å²) in [6, 6.07) is 0. The summed E-state index contributed by atoms with van der Waals surface area (Å²) in [5.41, 5.74) is 1.53. The molecule has 0 saturated carbocycles. The molecule has 0 spiro atoms. The number of methoxy groups -OCH3 is 2. The lowest BCUT2D eigenvalue weighted by molar-refractivity contribution is -0.164. The minimum Gasteiger partial charge on any atom is -0.468 e. The third-order valence-corrected chi connectivity index (χ3v) is 4.00. The normalized spacial score (nSPS) is 21.0. The van der Waals surface area contributed by atoms with Gasteiger partial charge in [0.1, 0.15) is 0 Å². The van der Waals surface area contributed by atoms with Gasteiger partial charge in [0.2, 0.25) is 0 Å². The van der Waals surface area contributed by atoms with Crippen LogP contribution >= 0.6 is 0 Å². The Morgan fingerprint density at radius 1 is 1.20 bits per heavy atom. The Hall–Kier alpha value is -1.84. The molecule has 0 aromatic carbocycles. The summed E-state index contributed by atoms with van der Waals surface area (Å²) in [5, 5.41) is 0. The van der Waals surface area contributed by atoms with E-state index in [2.05, 4.69) is 12.7 Å². The molecule has 108 valence electrons. The molecule has 2 aliphatic carbocycles. The third-order valence-electron chi connectivity index (χ3n) is 4.00. The fourth-order valence-corrected chi connectivity index (χ4v) is 2.94. The van der Waals surface area contributed by atoms with Gasteiger partial charge in [-0.2, -0.15) is 0 Å². The summed E-state index contributed by atoms with van der Waals surface area (Å²) in [4.78, 5) is 24.2. The van der Waals surface area contributed by atoms with Crippen LogP contribution < -0.4 is 0 Å². The number of ether oxygens (including phenoxy) is 2. The largest absolute Gasteiger partial charge is 0.468 e. The van der Waals surface area contributed by atoms with Gasteiger partial charge in [-0.25, -0.2) is 0 Å². The molecule has 0 radical (unpaired) electrons. The Balaban J connectivity index is 2.43. The number of carbonyl (C=O) groups is 2. The Morgan fingerprint density at radius 2 is 1.85 bits per heavy atom. The number of esters is 2. The summed E-state index contributed by atoms with van der Waals surface area (Å²) in [6.07, 6.45) is 8.39. The number of allylic oxidation sites excluding steroid dienone is 4. The molecule has 4 nitrogen and oxygen atoms in total. The molecular weight excluding hydrogens is 256 g/mol. The van der Waals surface area contributed by atoms with Gasteiger partial charge in [-0.05, 0) is 48.5 Å². The molecule has 0 unspecified atom stereocenters. The monoisotopic (exact) mass is 276 g/mol. The van der Waals surface area contributed by atoms with Crippen LogP contribution in [-0.2, 0) is 19.1 Å². The van der Waals surface area contributed by atoms with Gasteiger partial charge in [-0.3, -0.25) is 9.59 Å². The third kappa shape index (κ3) is 2.30. The summed E-state index contributed by atoms with van der Waals surface area (Å²) >= 11 is 0. The SMILES string of the molecule is C=C1CC(C(=O)OC)(C(=O)OC)C=C1C1=CCCCC1. The van der Waals surface area contributed by atoms with Crippen molar-refractivity contribution < 1.29 is 19.1 Å². The summed E-state index contributed by atoms with van der Waals surface area (Å²) in [5.74, 6) is -1.17. The van der Waals surface area contributed by atoms with Crippen molar-refractivity contribution in [1.29, 1.82) is 0 Å². The molecule has 0 heterocycles. The topological polar surface area (TPSA) is 52.6 Å². The fourth-order valence-electron chi connectivity index (χ4n) is 2.94. The van der Waals surface area contributed by atoms with Gasteiger partial charge in [-0.1, -0.05) is 12.7 Å². The van der Waals surface area contributed by atoms with E-state index in [-0.39, 0.29) is 6.42 Å². The average molecular weight is 276 g/mol. The van der Waals surface area contributed by atoms with E-state index < -0.39 is 17.4 Å². The smallest absolute Gasteiger partial charge is 0.327 e. The molecule has 0 aromatic rings. The van der Waals surface area contributed by atoms with E-state index in [4.69, 9.17) is 9.47 Å². The van der Waals surface area contributed by atoms with Crippen molar-refractivity contribution in [2.45, 2.75) is 32.1 Å². The maximum Gasteiger partial charge on any atom is 0.327 e. The second kappa shape index (κ2) is 5.65. The van der Waals surface area contributed by atoms with E-state index in [0.29, 0.717) is 0 Å². The van der Waals surface area contributed by atoms with Gasteiger partial charge < -0.3 is 9.47 Å².